The van der Waals surface area contributed by atoms with Gasteiger partial charge in [-0.1, -0.05) is 13.0 Å². The molecular weight excluding hydrogens is 294 g/mol. The van der Waals surface area contributed by atoms with Gasteiger partial charge in [0.2, 0.25) is 5.91 Å². The first kappa shape index (κ1) is 17.0. The van der Waals surface area contributed by atoms with Crippen molar-refractivity contribution in [3.63, 3.8) is 0 Å². The zero-order valence-electron chi connectivity index (χ0n) is 13.8. The fraction of sp³-hybridized carbons (Fsp3) is 0.471. The molecule has 6 nitrogen and oxygen atoms in total. The average Bonchev–Trinajstić information content (AvgIpc) is 3.02. The number of pyridine rings is 1. The van der Waals surface area contributed by atoms with Crippen molar-refractivity contribution in [3.05, 3.63) is 35.7 Å². The molecule has 2 rings (SSSR count). The van der Waals surface area contributed by atoms with Crippen LogP contribution in [0, 0.1) is 0 Å². The molecular formula is C17H23N3O3. The van der Waals surface area contributed by atoms with Gasteiger partial charge < -0.3 is 15.0 Å². The Morgan fingerprint density at radius 3 is 3.00 bits per heavy atom. The summed E-state index contributed by atoms with van der Waals surface area (Å²) in [5, 5.41) is 2.53. The summed E-state index contributed by atoms with van der Waals surface area (Å²) in [6.07, 6.45) is 5.06. The standard InChI is InChI=1S/C17H23N3O3/c1-4-5-12(2)17(22)20-9-7-14(11-20)23-13-6-8-19-15(10-13)16(21)18-3/h5-6,8,10,14H,4,7,9,11H2,1-3H3,(H,18,21)/b12-5+. The van der Waals surface area contributed by atoms with Crippen molar-refractivity contribution in [2.24, 2.45) is 0 Å². The van der Waals surface area contributed by atoms with Gasteiger partial charge in [0.05, 0.1) is 6.54 Å². The normalized spacial score (nSPS) is 18.0. The van der Waals surface area contributed by atoms with E-state index in [0.717, 1.165) is 18.4 Å². The smallest absolute Gasteiger partial charge is 0.269 e. The molecule has 23 heavy (non-hydrogen) atoms. The maximum atomic E-state index is 12.3. The number of carbonyl (C=O) groups is 2. The Kier molecular flexibility index (Phi) is 5.73. The number of aromatic nitrogens is 1. The van der Waals surface area contributed by atoms with Crippen LogP contribution in [0.1, 0.15) is 37.2 Å². The van der Waals surface area contributed by atoms with Gasteiger partial charge in [-0.3, -0.25) is 14.6 Å². The highest BCUT2D eigenvalue weighted by molar-refractivity contribution is 5.93. The summed E-state index contributed by atoms with van der Waals surface area (Å²) in [5.74, 6) is 0.413. The van der Waals surface area contributed by atoms with Crippen LogP contribution in [0.5, 0.6) is 5.75 Å². The third-order valence-corrected chi connectivity index (χ3v) is 3.77. The molecule has 2 amide bonds. The number of hydrogen-bond acceptors (Lipinski definition) is 4. The van der Waals surface area contributed by atoms with Crippen molar-refractivity contribution in [1.29, 1.82) is 0 Å². The quantitative estimate of drug-likeness (QED) is 0.840. The minimum atomic E-state index is -0.251. The van der Waals surface area contributed by atoms with Crippen molar-refractivity contribution >= 4 is 11.8 Å². The van der Waals surface area contributed by atoms with Crippen molar-refractivity contribution < 1.29 is 14.3 Å². The predicted molar refractivity (Wildman–Crippen MR) is 87.3 cm³/mol. The third kappa shape index (κ3) is 4.31. The second-order valence-electron chi connectivity index (χ2n) is 5.53. The number of nitrogens with one attached hydrogen (secondary N) is 1. The summed E-state index contributed by atoms with van der Waals surface area (Å²) in [6.45, 7) is 5.11. The molecule has 1 aromatic rings. The molecule has 1 unspecified atom stereocenters. The molecule has 6 heteroatoms. The number of carbonyl (C=O) groups excluding carboxylic acids is 2. The fourth-order valence-electron chi connectivity index (χ4n) is 2.58. The van der Waals surface area contributed by atoms with Crippen LogP contribution < -0.4 is 10.1 Å². The maximum absolute atomic E-state index is 12.3. The SMILES string of the molecule is CC/C=C(\C)C(=O)N1CCC(Oc2ccnc(C(=O)NC)c2)C1. The van der Waals surface area contributed by atoms with E-state index in [0.29, 0.717) is 24.5 Å². The Bertz CT molecular complexity index is 613. The molecule has 0 spiro atoms. The zero-order chi connectivity index (χ0) is 16.8. The van der Waals surface area contributed by atoms with E-state index < -0.39 is 0 Å². The number of amides is 2. The first-order valence-electron chi connectivity index (χ1n) is 7.86. The summed E-state index contributed by atoms with van der Waals surface area (Å²) in [7, 11) is 1.56. The molecule has 0 saturated carbocycles. The summed E-state index contributed by atoms with van der Waals surface area (Å²) < 4.78 is 5.90. The number of nitrogens with zero attached hydrogens (tertiary/aromatic N) is 2. The van der Waals surface area contributed by atoms with Crippen LogP contribution in [0.25, 0.3) is 0 Å². The summed E-state index contributed by atoms with van der Waals surface area (Å²) >= 11 is 0. The predicted octanol–water partition coefficient (Wildman–Crippen LogP) is 1.78. The second-order valence-corrected chi connectivity index (χ2v) is 5.53. The lowest BCUT2D eigenvalue weighted by atomic mass is 10.2. The van der Waals surface area contributed by atoms with E-state index >= 15 is 0 Å². The second kappa shape index (κ2) is 7.76. The molecule has 1 aliphatic rings. The van der Waals surface area contributed by atoms with Gasteiger partial charge in [-0.15, -0.1) is 0 Å². The van der Waals surface area contributed by atoms with Gasteiger partial charge in [0.1, 0.15) is 17.5 Å². The van der Waals surface area contributed by atoms with Crippen LogP contribution in [0.3, 0.4) is 0 Å². The highest BCUT2D eigenvalue weighted by Crippen LogP contribution is 2.20. The van der Waals surface area contributed by atoms with Crippen molar-refractivity contribution in [2.75, 3.05) is 20.1 Å². The van der Waals surface area contributed by atoms with Gasteiger partial charge in [-0.05, 0) is 19.4 Å². The van der Waals surface area contributed by atoms with Gasteiger partial charge in [0.25, 0.3) is 5.91 Å². The van der Waals surface area contributed by atoms with E-state index in [4.69, 9.17) is 4.74 Å². The minimum Gasteiger partial charge on any atom is -0.488 e. The molecule has 0 aliphatic carbocycles. The van der Waals surface area contributed by atoms with Crippen LogP contribution in [0.2, 0.25) is 0 Å². The highest BCUT2D eigenvalue weighted by Gasteiger charge is 2.28. The molecule has 1 fully saturated rings. The largest absolute Gasteiger partial charge is 0.488 e. The Labute approximate surface area is 136 Å². The molecule has 124 valence electrons. The zero-order valence-corrected chi connectivity index (χ0v) is 13.8. The Hall–Kier alpha value is -2.37. The lowest BCUT2D eigenvalue weighted by molar-refractivity contribution is -0.126. The Morgan fingerprint density at radius 2 is 2.30 bits per heavy atom. The van der Waals surface area contributed by atoms with E-state index in [-0.39, 0.29) is 17.9 Å². The molecule has 0 aromatic carbocycles. The molecule has 1 aromatic heterocycles. The van der Waals surface area contributed by atoms with Crippen LogP contribution in [-0.4, -0.2) is 47.9 Å². The summed E-state index contributed by atoms with van der Waals surface area (Å²) in [4.78, 5) is 29.7. The van der Waals surface area contributed by atoms with Gasteiger partial charge in [0.15, 0.2) is 0 Å². The molecule has 1 saturated heterocycles. The van der Waals surface area contributed by atoms with Gasteiger partial charge in [-0.2, -0.15) is 0 Å². The maximum Gasteiger partial charge on any atom is 0.269 e. The number of likely N-dealkylation sites (tertiary alicyclic amines) is 1. The van der Waals surface area contributed by atoms with E-state index in [2.05, 4.69) is 10.3 Å². The first-order valence-corrected chi connectivity index (χ1v) is 7.86. The van der Waals surface area contributed by atoms with E-state index in [1.807, 2.05) is 24.8 Å². The minimum absolute atomic E-state index is 0.0617. The highest BCUT2D eigenvalue weighted by atomic mass is 16.5. The summed E-state index contributed by atoms with van der Waals surface area (Å²) in [6, 6.07) is 3.34. The molecule has 1 atom stereocenters. The van der Waals surface area contributed by atoms with Crippen LogP contribution in [0.15, 0.2) is 30.0 Å². The molecule has 1 N–H and O–H groups in total. The van der Waals surface area contributed by atoms with Crippen LogP contribution in [0.4, 0.5) is 0 Å². The number of ether oxygens (including phenoxy) is 1. The topological polar surface area (TPSA) is 71.5 Å². The van der Waals surface area contributed by atoms with Crippen LogP contribution >= 0.6 is 0 Å². The average molecular weight is 317 g/mol. The first-order chi connectivity index (χ1) is 11.0. The van der Waals surface area contributed by atoms with Crippen molar-refractivity contribution in [2.45, 2.75) is 32.8 Å². The molecule has 2 heterocycles. The lowest BCUT2D eigenvalue weighted by Gasteiger charge is -2.17. The molecule has 0 radical (unpaired) electrons. The van der Waals surface area contributed by atoms with E-state index in [1.165, 1.54) is 0 Å². The van der Waals surface area contributed by atoms with Crippen LogP contribution in [-0.2, 0) is 4.79 Å². The molecule has 0 bridgehead atoms. The van der Waals surface area contributed by atoms with E-state index in [1.54, 1.807) is 25.4 Å². The monoisotopic (exact) mass is 317 g/mol. The van der Waals surface area contributed by atoms with Crippen molar-refractivity contribution in [1.82, 2.24) is 15.2 Å². The van der Waals surface area contributed by atoms with Crippen molar-refractivity contribution in [3.8, 4) is 5.75 Å². The number of hydrogen-bond donors (Lipinski definition) is 1. The number of rotatable bonds is 5. The molecule has 1 aliphatic heterocycles. The van der Waals surface area contributed by atoms with Gasteiger partial charge in [0, 0.05) is 37.8 Å². The number of allylic oxidation sites excluding steroid dienone is 1. The lowest BCUT2D eigenvalue weighted by Crippen LogP contribution is -2.31. The Morgan fingerprint density at radius 1 is 1.52 bits per heavy atom. The fourth-order valence-corrected chi connectivity index (χ4v) is 2.58. The van der Waals surface area contributed by atoms with E-state index in [9.17, 15) is 9.59 Å². The van der Waals surface area contributed by atoms with Gasteiger partial charge >= 0.3 is 0 Å². The summed E-state index contributed by atoms with van der Waals surface area (Å²) in [5.41, 5.74) is 1.09. The van der Waals surface area contributed by atoms with Gasteiger partial charge in [-0.25, -0.2) is 0 Å². The third-order valence-electron chi connectivity index (χ3n) is 3.77. The Balaban J connectivity index is 1.97.